The first-order valence-corrected chi connectivity index (χ1v) is 4.58. The van der Waals surface area contributed by atoms with E-state index in [1.807, 2.05) is 19.3 Å². The van der Waals surface area contributed by atoms with Crippen molar-refractivity contribution in [2.24, 2.45) is 7.05 Å². The van der Waals surface area contributed by atoms with E-state index in [1.165, 1.54) is 0 Å². The summed E-state index contributed by atoms with van der Waals surface area (Å²) >= 11 is 5.72. The van der Waals surface area contributed by atoms with Gasteiger partial charge in [0.05, 0.1) is 0 Å². The van der Waals surface area contributed by atoms with E-state index < -0.39 is 0 Å². The van der Waals surface area contributed by atoms with Crippen molar-refractivity contribution in [3.05, 3.63) is 23.5 Å². The molecule has 2 rings (SSSR count). The van der Waals surface area contributed by atoms with Crippen LogP contribution in [0.5, 0.6) is 0 Å². The Labute approximate surface area is 91.1 Å². The van der Waals surface area contributed by atoms with E-state index in [1.54, 1.807) is 10.7 Å². The van der Waals surface area contributed by atoms with Crippen LogP contribution in [0, 0.1) is 0 Å². The third-order valence-corrected chi connectivity index (χ3v) is 1.88. The molecule has 0 amide bonds. The smallest absolute Gasteiger partial charge is 0.223 e. The molecule has 0 aliphatic carbocycles. The van der Waals surface area contributed by atoms with Gasteiger partial charge in [0, 0.05) is 25.4 Å². The first-order chi connectivity index (χ1) is 7.13. The molecule has 3 N–H and O–H groups in total. The minimum atomic E-state index is 0.126. The number of nitrogens with zero attached hydrogens (tertiary/aromatic N) is 4. The van der Waals surface area contributed by atoms with Crippen LogP contribution in [0.25, 0.3) is 0 Å². The number of rotatable bonds is 2. The summed E-state index contributed by atoms with van der Waals surface area (Å²) in [5.74, 6) is 1.32. The SMILES string of the molecule is Cn1ccc(Nc2cc(Cl)nc(N)n2)n1. The van der Waals surface area contributed by atoms with Gasteiger partial charge >= 0.3 is 0 Å². The molecule has 6 nitrogen and oxygen atoms in total. The Morgan fingerprint density at radius 1 is 1.40 bits per heavy atom. The van der Waals surface area contributed by atoms with Crippen molar-refractivity contribution >= 4 is 29.2 Å². The van der Waals surface area contributed by atoms with Gasteiger partial charge in [0.1, 0.15) is 11.0 Å². The summed E-state index contributed by atoms with van der Waals surface area (Å²) in [5.41, 5.74) is 5.45. The molecule has 15 heavy (non-hydrogen) atoms. The maximum absolute atomic E-state index is 5.72. The number of nitrogen functional groups attached to an aromatic ring is 1. The topological polar surface area (TPSA) is 81.7 Å². The van der Waals surface area contributed by atoms with E-state index >= 15 is 0 Å². The molecular formula is C8H9ClN6. The summed E-state index contributed by atoms with van der Waals surface area (Å²) in [6.07, 6.45) is 1.81. The lowest BCUT2D eigenvalue weighted by molar-refractivity contribution is 0.771. The molecule has 0 unspecified atom stereocenters. The van der Waals surface area contributed by atoms with Crippen LogP contribution in [-0.4, -0.2) is 19.7 Å². The van der Waals surface area contributed by atoms with Gasteiger partial charge < -0.3 is 11.1 Å². The van der Waals surface area contributed by atoms with Gasteiger partial charge in [-0.25, -0.2) is 4.98 Å². The minimum absolute atomic E-state index is 0.126. The number of hydrogen-bond acceptors (Lipinski definition) is 5. The average Bonchev–Trinajstić information content (AvgIpc) is 2.49. The van der Waals surface area contributed by atoms with Crippen LogP contribution < -0.4 is 11.1 Å². The van der Waals surface area contributed by atoms with Crippen molar-refractivity contribution in [1.29, 1.82) is 0 Å². The van der Waals surface area contributed by atoms with Gasteiger partial charge in [-0.05, 0) is 0 Å². The van der Waals surface area contributed by atoms with Crippen LogP contribution in [0.3, 0.4) is 0 Å². The molecule has 2 heterocycles. The van der Waals surface area contributed by atoms with Crippen molar-refractivity contribution < 1.29 is 0 Å². The van der Waals surface area contributed by atoms with Gasteiger partial charge in [-0.2, -0.15) is 10.1 Å². The molecule has 0 aromatic carbocycles. The third kappa shape index (κ3) is 2.35. The van der Waals surface area contributed by atoms with Crippen molar-refractivity contribution in [2.75, 3.05) is 11.1 Å². The number of aryl methyl sites for hydroxylation is 1. The van der Waals surface area contributed by atoms with E-state index in [0.717, 1.165) is 0 Å². The lowest BCUT2D eigenvalue weighted by Gasteiger charge is -2.02. The van der Waals surface area contributed by atoms with Gasteiger partial charge in [-0.1, -0.05) is 11.6 Å². The molecule has 0 radical (unpaired) electrons. The zero-order valence-electron chi connectivity index (χ0n) is 7.98. The third-order valence-electron chi connectivity index (χ3n) is 1.68. The van der Waals surface area contributed by atoms with Crippen LogP contribution in [0.4, 0.5) is 17.6 Å². The van der Waals surface area contributed by atoms with E-state index in [4.69, 9.17) is 17.3 Å². The fraction of sp³-hybridized carbons (Fsp3) is 0.125. The molecule has 2 aromatic rings. The van der Waals surface area contributed by atoms with Crippen molar-refractivity contribution in [3.8, 4) is 0 Å². The fourth-order valence-corrected chi connectivity index (χ4v) is 1.30. The largest absolute Gasteiger partial charge is 0.368 e. The van der Waals surface area contributed by atoms with Crippen LogP contribution in [-0.2, 0) is 7.05 Å². The maximum atomic E-state index is 5.72. The Balaban J connectivity index is 2.24. The molecule has 0 saturated heterocycles. The predicted molar refractivity (Wildman–Crippen MR) is 57.9 cm³/mol. The summed E-state index contributed by atoms with van der Waals surface area (Å²) < 4.78 is 1.68. The van der Waals surface area contributed by atoms with Gasteiger partial charge in [-0.3, -0.25) is 4.68 Å². The summed E-state index contributed by atoms with van der Waals surface area (Å²) in [6.45, 7) is 0. The zero-order valence-corrected chi connectivity index (χ0v) is 8.73. The zero-order chi connectivity index (χ0) is 10.8. The number of aromatic nitrogens is 4. The van der Waals surface area contributed by atoms with Gasteiger partial charge in [-0.15, -0.1) is 0 Å². The number of anilines is 3. The Kier molecular flexibility index (Phi) is 2.42. The molecule has 0 fully saturated rings. The Morgan fingerprint density at radius 3 is 2.80 bits per heavy atom. The Bertz CT molecular complexity index is 459. The number of hydrogen-bond donors (Lipinski definition) is 2. The lowest BCUT2D eigenvalue weighted by Crippen LogP contribution is -2.00. The van der Waals surface area contributed by atoms with Crippen LogP contribution >= 0.6 is 11.6 Å². The van der Waals surface area contributed by atoms with Crippen molar-refractivity contribution in [2.45, 2.75) is 0 Å². The molecular weight excluding hydrogens is 216 g/mol. The molecule has 0 saturated carbocycles. The monoisotopic (exact) mass is 224 g/mol. The average molecular weight is 225 g/mol. The van der Waals surface area contributed by atoms with Gasteiger partial charge in [0.25, 0.3) is 0 Å². The normalized spacial score (nSPS) is 10.3. The molecule has 2 aromatic heterocycles. The van der Waals surface area contributed by atoms with Crippen LogP contribution in [0.2, 0.25) is 5.15 Å². The molecule has 0 aliphatic heterocycles. The molecule has 0 spiro atoms. The van der Waals surface area contributed by atoms with Gasteiger partial charge in [0.2, 0.25) is 5.95 Å². The van der Waals surface area contributed by atoms with E-state index in [2.05, 4.69) is 20.4 Å². The van der Waals surface area contributed by atoms with Crippen molar-refractivity contribution in [1.82, 2.24) is 19.7 Å². The summed E-state index contributed by atoms with van der Waals surface area (Å²) in [6, 6.07) is 3.39. The second kappa shape index (κ2) is 3.74. The predicted octanol–water partition coefficient (Wildman–Crippen LogP) is 1.19. The highest BCUT2D eigenvalue weighted by Crippen LogP contribution is 2.16. The first kappa shape index (κ1) is 9.72. The molecule has 0 bridgehead atoms. The summed E-state index contributed by atoms with van der Waals surface area (Å²) in [5, 5.41) is 7.38. The second-order valence-corrected chi connectivity index (χ2v) is 3.32. The lowest BCUT2D eigenvalue weighted by atomic mass is 10.5. The number of halogens is 1. The minimum Gasteiger partial charge on any atom is -0.368 e. The first-order valence-electron chi connectivity index (χ1n) is 4.20. The van der Waals surface area contributed by atoms with E-state index in [9.17, 15) is 0 Å². The van der Waals surface area contributed by atoms with Crippen LogP contribution in [0.1, 0.15) is 0 Å². The fourth-order valence-electron chi connectivity index (χ4n) is 1.11. The molecule has 0 atom stereocenters. The maximum Gasteiger partial charge on any atom is 0.223 e. The molecule has 78 valence electrons. The highest BCUT2D eigenvalue weighted by molar-refractivity contribution is 6.29. The highest BCUT2D eigenvalue weighted by atomic mass is 35.5. The standard InChI is InChI=1S/C8H9ClN6/c1-15-3-2-6(14-15)12-7-4-5(9)11-8(10)13-7/h2-4H,1H3,(H3,10,11,12,13,14). The van der Waals surface area contributed by atoms with Crippen LogP contribution in [0.15, 0.2) is 18.3 Å². The number of nitrogens with two attached hydrogens (primary N) is 1. The number of nitrogens with one attached hydrogen (secondary N) is 1. The molecule has 0 aliphatic rings. The van der Waals surface area contributed by atoms with E-state index in [0.29, 0.717) is 16.8 Å². The Morgan fingerprint density at radius 2 is 2.20 bits per heavy atom. The molecule has 7 heteroatoms. The van der Waals surface area contributed by atoms with Gasteiger partial charge in [0.15, 0.2) is 5.82 Å². The van der Waals surface area contributed by atoms with E-state index in [-0.39, 0.29) is 5.95 Å². The summed E-state index contributed by atoms with van der Waals surface area (Å²) in [7, 11) is 1.83. The quantitative estimate of drug-likeness (QED) is 0.749. The summed E-state index contributed by atoms with van der Waals surface area (Å²) in [4.78, 5) is 7.71. The van der Waals surface area contributed by atoms with Crippen molar-refractivity contribution in [3.63, 3.8) is 0 Å². The Hall–Kier alpha value is -1.82. The second-order valence-electron chi connectivity index (χ2n) is 2.93. The highest BCUT2D eigenvalue weighted by Gasteiger charge is 2.02.